The maximum absolute atomic E-state index is 12.7. The van der Waals surface area contributed by atoms with Gasteiger partial charge in [0, 0.05) is 10.0 Å². The molecule has 0 bridgehead atoms. The number of anilines is 1. The van der Waals surface area contributed by atoms with E-state index in [0.29, 0.717) is 18.2 Å². The normalized spacial score (nSPS) is 14.3. The third-order valence-electron chi connectivity index (χ3n) is 6.02. The van der Waals surface area contributed by atoms with Crippen LogP contribution in [0.5, 0.6) is 0 Å². The summed E-state index contributed by atoms with van der Waals surface area (Å²) in [4.78, 5) is 22.2. The zero-order valence-electron chi connectivity index (χ0n) is 18.1. The molecule has 3 aromatic rings. The van der Waals surface area contributed by atoms with Crippen LogP contribution in [0, 0.1) is 5.92 Å². The van der Waals surface area contributed by atoms with Gasteiger partial charge in [0.2, 0.25) is 5.91 Å². The van der Waals surface area contributed by atoms with Gasteiger partial charge in [-0.25, -0.2) is 9.97 Å². The van der Waals surface area contributed by atoms with Crippen molar-refractivity contribution in [2.24, 2.45) is 5.92 Å². The minimum absolute atomic E-state index is 0.0161. The van der Waals surface area contributed by atoms with Crippen molar-refractivity contribution in [3.8, 4) is 11.3 Å². The number of carbonyl (C=O) groups is 1. The second kappa shape index (κ2) is 10.8. The quantitative estimate of drug-likeness (QED) is 0.442. The molecule has 0 radical (unpaired) electrons. The van der Waals surface area contributed by atoms with E-state index in [0.717, 1.165) is 39.0 Å². The lowest BCUT2D eigenvalue weighted by molar-refractivity contribution is -0.115. The molecule has 0 spiro atoms. The molecular formula is C26H28BrN3O2. The number of amides is 1. The first-order valence-corrected chi connectivity index (χ1v) is 12.0. The molecule has 1 aromatic heterocycles. The predicted octanol–water partition coefficient (Wildman–Crippen LogP) is 5.70. The maximum atomic E-state index is 12.7. The van der Waals surface area contributed by atoms with E-state index < -0.39 is 0 Å². The van der Waals surface area contributed by atoms with Gasteiger partial charge in [-0.1, -0.05) is 84.4 Å². The monoisotopic (exact) mass is 493 g/mol. The third kappa shape index (κ3) is 6.02. The van der Waals surface area contributed by atoms with Crippen molar-refractivity contribution >= 4 is 27.7 Å². The fraction of sp³-hybridized carbons (Fsp3) is 0.346. The van der Waals surface area contributed by atoms with Gasteiger partial charge in [-0.2, -0.15) is 0 Å². The lowest BCUT2D eigenvalue weighted by Gasteiger charge is -2.22. The SMILES string of the molecule is O=C(Cc1ccc(Br)cc1)Nc1ncc(-c2ccc(CO)cc2)nc1CC1CCCCC1. The minimum Gasteiger partial charge on any atom is -0.392 e. The minimum atomic E-state index is -0.0911. The lowest BCUT2D eigenvalue weighted by atomic mass is 9.86. The molecule has 1 heterocycles. The number of rotatable bonds is 7. The van der Waals surface area contributed by atoms with Gasteiger partial charge < -0.3 is 10.4 Å². The zero-order chi connectivity index (χ0) is 22.3. The lowest BCUT2D eigenvalue weighted by Crippen LogP contribution is -2.19. The topological polar surface area (TPSA) is 75.1 Å². The van der Waals surface area contributed by atoms with Crippen LogP contribution < -0.4 is 5.32 Å². The predicted molar refractivity (Wildman–Crippen MR) is 130 cm³/mol. The highest BCUT2D eigenvalue weighted by Gasteiger charge is 2.19. The summed E-state index contributed by atoms with van der Waals surface area (Å²) in [6, 6.07) is 15.4. The van der Waals surface area contributed by atoms with E-state index in [1.54, 1.807) is 6.20 Å². The number of aliphatic hydroxyl groups excluding tert-OH is 1. The smallest absolute Gasteiger partial charge is 0.229 e. The molecule has 5 nitrogen and oxygen atoms in total. The Morgan fingerprint density at radius 3 is 2.38 bits per heavy atom. The Balaban J connectivity index is 1.56. The van der Waals surface area contributed by atoms with Gasteiger partial charge in [-0.3, -0.25) is 4.79 Å². The van der Waals surface area contributed by atoms with Crippen molar-refractivity contribution < 1.29 is 9.90 Å². The Kier molecular flexibility index (Phi) is 7.66. The highest BCUT2D eigenvalue weighted by molar-refractivity contribution is 9.10. The van der Waals surface area contributed by atoms with E-state index >= 15 is 0 Å². The summed E-state index contributed by atoms with van der Waals surface area (Å²) in [5.41, 5.74) is 4.40. The van der Waals surface area contributed by atoms with Crippen LogP contribution in [0.25, 0.3) is 11.3 Å². The molecule has 1 aliphatic carbocycles. The number of halogens is 1. The molecule has 1 saturated carbocycles. The third-order valence-corrected chi connectivity index (χ3v) is 6.55. The molecule has 1 aliphatic rings. The number of carbonyl (C=O) groups excluding carboxylic acids is 1. The van der Waals surface area contributed by atoms with E-state index in [1.807, 2.05) is 48.5 Å². The van der Waals surface area contributed by atoms with Crippen LogP contribution in [0.15, 0.2) is 59.2 Å². The number of aliphatic hydroxyl groups is 1. The van der Waals surface area contributed by atoms with Crippen LogP contribution in [-0.2, 0) is 24.2 Å². The number of hydrogen-bond acceptors (Lipinski definition) is 4. The van der Waals surface area contributed by atoms with E-state index in [-0.39, 0.29) is 12.5 Å². The van der Waals surface area contributed by atoms with Gasteiger partial charge >= 0.3 is 0 Å². The molecule has 166 valence electrons. The van der Waals surface area contributed by atoms with E-state index in [2.05, 4.69) is 26.2 Å². The van der Waals surface area contributed by atoms with E-state index in [4.69, 9.17) is 4.98 Å². The Morgan fingerprint density at radius 2 is 1.69 bits per heavy atom. The fourth-order valence-corrected chi connectivity index (χ4v) is 4.49. The number of hydrogen-bond donors (Lipinski definition) is 2. The average molecular weight is 494 g/mol. The molecule has 0 saturated heterocycles. The molecule has 0 aliphatic heterocycles. The molecule has 0 atom stereocenters. The van der Waals surface area contributed by atoms with Crippen molar-refractivity contribution in [1.29, 1.82) is 0 Å². The number of benzene rings is 2. The molecule has 2 aromatic carbocycles. The summed E-state index contributed by atoms with van der Waals surface area (Å²) < 4.78 is 0.991. The van der Waals surface area contributed by atoms with Crippen molar-refractivity contribution in [2.75, 3.05) is 5.32 Å². The van der Waals surface area contributed by atoms with Crippen LogP contribution in [0.3, 0.4) is 0 Å². The Hall–Kier alpha value is -2.57. The molecule has 1 amide bonds. The second-order valence-corrected chi connectivity index (χ2v) is 9.38. The highest BCUT2D eigenvalue weighted by Crippen LogP contribution is 2.29. The summed E-state index contributed by atoms with van der Waals surface area (Å²) >= 11 is 3.42. The van der Waals surface area contributed by atoms with Crippen LogP contribution >= 0.6 is 15.9 Å². The molecular weight excluding hydrogens is 466 g/mol. The van der Waals surface area contributed by atoms with Crippen molar-refractivity contribution in [3.63, 3.8) is 0 Å². The molecule has 32 heavy (non-hydrogen) atoms. The van der Waals surface area contributed by atoms with Crippen LogP contribution in [0.1, 0.15) is 48.9 Å². The van der Waals surface area contributed by atoms with Gasteiger partial charge in [-0.15, -0.1) is 0 Å². The fourth-order valence-electron chi connectivity index (χ4n) is 4.22. The molecule has 0 unspecified atom stereocenters. The summed E-state index contributed by atoms with van der Waals surface area (Å²) in [5, 5.41) is 12.3. The summed E-state index contributed by atoms with van der Waals surface area (Å²) in [7, 11) is 0. The standard InChI is InChI=1S/C26H28BrN3O2/c27-22-12-8-19(9-13-22)15-25(32)30-26-23(14-18-4-2-1-3-5-18)29-24(16-28-26)21-10-6-20(17-31)7-11-21/h6-13,16,18,31H,1-5,14-15,17H2,(H,28,30,32). The summed E-state index contributed by atoms with van der Waals surface area (Å²) in [6.07, 6.45) is 9.04. The van der Waals surface area contributed by atoms with Gasteiger partial charge in [0.1, 0.15) is 0 Å². The number of nitrogens with one attached hydrogen (secondary N) is 1. The van der Waals surface area contributed by atoms with Gasteiger partial charge in [-0.05, 0) is 35.6 Å². The van der Waals surface area contributed by atoms with Crippen molar-refractivity contribution in [2.45, 2.75) is 51.6 Å². The van der Waals surface area contributed by atoms with Crippen LogP contribution in [0.2, 0.25) is 0 Å². The first-order chi connectivity index (χ1) is 15.6. The van der Waals surface area contributed by atoms with E-state index in [9.17, 15) is 9.90 Å². The van der Waals surface area contributed by atoms with Crippen LogP contribution in [-0.4, -0.2) is 21.0 Å². The van der Waals surface area contributed by atoms with Gasteiger partial charge in [0.05, 0.1) is 30.6 Å². The van der Waals surface area contributed by atoms with E-state index in [1.165, 1.54) is 32.1 Å². The number of aromatic nitrogens is 2. The van der Waals surface area contributed by atoms with Gasteiger partial charge in [0.15, 0.2) is 5.82 Å². The summed E-state index contributed by atoms with van der Waals surface area (Å²) in [6.45, 7) is 0.0161. The molecule has 2 N–H and O–H groups in total. The molecule has 4 rings (SSSR count). The van der Waals surface area contributed by atoms with Crippen LogP contribution in [0.4, 0.5) is 5.82 Å². The largest absolute Gasteiger partial charge is 0.392 e. The number of nitrogens with zero attached hydrogens (tertiary/aromatic N) is 2. The Labute approximate surface area is 197 Å². The molecule has 1 fully saturated rings. The zero-order valence-corrected chi connectivity index (χ0v) is 19.6. The average Bonchev–Trinajstić information content (AvgIpc) is 2.82. The Morgan fingerprint density at radius 1 is 1.00 bits per heavy atom. The first kappa shape index (κ1) is 22.6. The van der Waals surface area contributed by atoms with Crippen molar-refractivity contribution in [3.05, 3.63) is 76.0 Å². The second-order valence-electron chi connectivity index (χ2n) is 8.47. The summed E-state index contributed by atoms with van der Waals surface area (Å²) in [5.74, 6) is 1.05. The highest BCUT2D eigenvalue weighted by atomic mass is 79.9. The molecule has 6 heteroatoms. The van der Waals surface area contributed by atoms with Gasteiger partial charge in [0.25, 0.3) is 0 Å². The maximum Gasteiger partial charge on any atom is 0.229 e. The van der Waals surface area contributed by atoms with Crippen molar-refractivity contribution in [1.82, 2.24) is 9.97 Å². The first-order valence-electron chi connectivity index (χ1n) is 11.2. The Bertz CT molecular complexity index is 1050.